The number of rotatable bonds is 2. The number of nitrogens with zero attached hydrogens (tertiary/aromatic N) is 2. The lowest BCUT2D eigenvalue weighted by molar-refractivity contribution is 0.104. The van der Waals surface area contributed by atoms with E-state index in [0.29, 0.717) is 0 Å². The Morgan fingerprint density at radius 1 is 0.739 bits per heavy atom. The normalized spacial score (nSPS) is 15.0. The Balaban J connectivity index is 2.26. The highest BCUT2D eigenvalue weighted by molar-refractivity contribution is 7.02. The Morgan fingerprint density at radius 2 is 1.13 bits per heavy atom. The molecule has 1 heterocycles. The van der Waals surface area contributed by atoms with Crippen LogP contribution >= 0.6 is 0 Å². The van der Waals surface area contributed by atoms with Crippen molar-refractivity contribution in [2.45, 2.75) is 13.1 Å². The van der Waals surface area contributed by atoms with E-state index in [1.54, 1.807) is 0 Å². The van der Waals surface area contributed by atoms with E-state index in [4.69, 9.17) is 0 Å². The van der Waals surface area contributed by atoms with E-state index in [0.717, 1.165) is 22.5 Å². The second-order valence-electron chi connectivity index (χ2n) is 7.20. The highest BCUT2D eigenvalue weighted by Crippen LogP contribution is 2.25. The molecule has 3 nitrogen and oxygen atoms in total. The number of benzene rings is 2. The van der Waals surface area contributed by atoms with Gasteiger partial charge in [0, 0.05) is 39.6 Å². The molecule has 1 aliphatic heterocycles. The molecular formula is C19H24N2OSi-. The Morgan fingerprint density at radius 3 is 1.48 bits per heavy atom. The molecule has 121 valence electrons. The van der Waals surface area contributed by atoms with Crippen LogP contribution in [0.25, 0.3) is 0 Å². The molecule has 3 rings (SSSR count). The molecular weight excluding hydrogens is 300 g/mol. The van der Waals surface area contributed by atoms with Gasteiger partial charge < -0.3 is 9.80 Å². The van der Waals surface area contributed by atoms with Crippen LogP contribution in [-0.4, -0.2) is 42.0 Å². The molecule has 0 saturated carbocycles. The second kappa shape index (κ2) is 5.23. The molecule has 0 amide bonds. The Kier molecular flexibility index (Phi) is 3.60. The summed E-state index contributed by atoms with van der Waals surface area (Å²) in [5.41, 5.74) is 4.09. The summed E-state index contributed by atoms with van der Waals surface area (Å²) in [6.07, 6.45) is 0. The predicted molar refractivity (Wildman–Crippen MR) is 102 cm³/mol. The summed E-state index contributed by atoms with van der Waals surface area (Å²) in [5, 5.41) is 2.49. The van der Waals surface area contributed by atoms with E-state index in [9.17, 15) is 4.79 Å². The number of hydrogen-bond donors (Lipinski definition) is 0. The minimum atomic E-state index is -1.90. The molecule has 0 radical (unpaired) electrons. The number of ketones is 1. The molecule has 2 aromatic carbocycles. The Bertz CT molecular complexity index is 730. The number of anilines is 2. The van der Waals surface area contributed by atoms with Crippen LogP contribution < -0.4 is 20.2 Å². The van der Waals surface area contributed by atoms with Gasteiger partial charge in [-0.2, -0.15) is 23.5 Å². The number of carbonyl (C=O) groups is 1. The third kappa shape index (κ3) is 2.38. The van der Waals surface area contributed by atoms with Gasteiger partial charge >= 0.3 is 0 Å². The molecule has 0 aromatic heterocycles. The van der Waals surface area contributed by atoms with Gasteiger partial charge in [0.25, 0.3) is 0 Å². The third-order valence-corrected chi connectivity index (χ3v) is 8.40. The molecule has 0 spiro atoms. The van der Waals surface area contributed by atoms with Crippen molar-refractivity contribution in [1.29, 1.82) is 0 Å². The lowest BCUT2D eigenvalue weighted by Gasteiger charge is -2.44. The first kappa shape index (κ1) is 15.8. The largest absolute Gasteiger partial charge is 0.378 e. The van der Waals surface area contributed by atoms with Gasteiger partial charge in [0.2, 0.25) is 0 Å². The number of fused-ring (bicyclic) bond motifs is 2. The highest BCUT2D eigenvalue weighted by Gasteiger charge is 2.29. The van der Waals surface area contributed by atoms with Gasteiger partial charge in [-0.25, -0.2) is 0 Å². The fourth-order valence-corrected chi connectivity index (χ4v) is 6.39. The smallest absolute Gasteiger partial charge is 0.187 e. The van der Waals surface area contributed by atoms with Crippen molar-refractivity contribution in [3.8, 4) is 0 Å². The highest BCUT2D eigenvalue weighted by atomic mass is 28.3. The lowest BCUT2D eigenvalue weighted by atomic mass is 10.0. The van der Waals surface area contributed by atoms with E-state index in [1.165, 1.54) is 10.4 Å². The van der Waals surface area contributed by atoms with Crippen molar-refractivity contribution < 1.29 is 4.79 Å². The van der Waals surface area contributed by atoms with Crippen molar-refractivity contribution in [3.05, 3.63) is 47.5 Å². The summed E-state index contributed by atoms with van der Waals surface area (Å²) in [7, 11) is 6.26. The average molecular weight is 324 g/mol. The van der Waals surface area contributed by atoms with E-state index >= 15 is 0 Å². The first-order valence-electron chi connectivity index (χ1n) is 7.92. The van der Waals surface area contributed by atoms with Crippen LogP contribution in [0, 0.1) is 0 Å². The lowest BCUT2D eigenvalue weighted by Crippen LogP contribution is -2.60. The molecule has 23 heavy (non-hydrogen) atoms. The summed E-state index contributed by atoms with van der Waals surface area (Å²) in [5.74, 6) is 0.164. The summed E-state index contributed by atoms with van der Waals surface area (Å²) in [6, 6.07) is 12.5. The number of hydrogen-bond acceptors (Lipinski definition) is 3. The SMILES string of the molecule is CN(C)c1ccc2c(c1)[Si-](C)(C)c1cc(N(C)C)ccc1C2=O. The topological polar surface area (TPSA) is 23.6 Å². The first-order chi connectivity index (χ1) is 10.7. The minimum Gasteiger partial charge on any atom is -0.378 e. The Labute approximate surface area is 139 Å². The van der Waals surface area contributed by atoms with Crippen LogP contribution in [0.15, 0.2) is 36.4 Å². The Hall–Kier alpha value is -2.07. The molecule has 0 unspecified atom stereocenters. The molecule has 2 aromatic rings. The van der Waals surface area contributed by atoms with E-state index in [2.05, 4.69) is 35.0 Å². The van der Waals surface area contributed by atoms with Crippen molar-refractivity contribution in [1.82, 2.24) is 0 Å². The maximum absolute atomic E-state index is 13.0. The molecule has 0 atom stereocenters. The zero-order valence-corrected chi connectivity index (χ0v) is 15.8. The summed E-state index contributed by atoms with van der Waals surface area (Å²) < 4.78 is 0. The van der Waals surface area contributed by atoms with Gasteiger partial charge in [-0.15, -0.1) is 0 Å². The first-order valence-corrected chi connectivity index (χ1v) is 10.9. The standard InChI is InChI=1S/C19H24N2OSi/c1-20(2)13-7-9-15-17(11-13)23(5,6)18-12-14(21(3)4)8-10-16(18)19(15)22/h7-12H,1-6H3/q-1. The predicted octanol–water partition coefficient (Wildman–Crippen LogP) is 2.19. The van der Waals surface area contributed by atoms with Gasteiger partial charge in [0.15, 0.2) is 5.78 Å². The number of carbonyl (C=O) groups excluding carboxylic acids is 1. The second-order valence-corrected chi connectivity index (χ2v) is 11.5. The summed E-state index contributed by atoms with van der Waals surface area (Å²) >= 11 is 0. The van der Waals surface area contributed by atoms with E-state index in [-0.39, 0.29) is 5.78 Å². The average Bonchev–Trinajstić information content (AvgIpc) is 2.51. The fraction of sp³-hybridized carbons (Fsp3) is 0.316. The maximum Gasteiger partial charge on any atom is 0.187 e. The van der Waals surface area contributed by atoms with Gasteiger partial charge in [-0.1, -0.05) is 32.3 Å². The van der Waals surface area contributed by atoms with Crippen molar-refractivity contribution in [2.24, 2.45) is 0 Å². The zero-order chi connectivity index (χ0) is 16.9. The fourth-order valence-electron chi connectivity index (χ4n) is 3.34. The monoisotopic (exact) mass is 324 g/mol. The molecule has 4 heteroatoms. The quantitative estimate of drug-likeness (QED) is 0.791. The van der Waals surface area contributed by atoms with Crippen molar-refractivity contribution in [3.63, 3.8) is 0 Å². The molecule has 0 aliphatic carbocycles. The van der Waals surface area contributed by atoms with Crippen LogP contribution in [0.2, 0.25) is 13.1 Å². The van der Waals surface area contributed by atoms with Crippen molar-refractivity contribution >= 4 is 35.6 Å². The van der Waals surface area contributed by atoms with Crippen LogP contribution in [0.4, 0.5) is 11.4 Å². The van der Waals surface area contributed by atoms with Gasteiger partial charge in [-0.3, -0.25) is 4.79 Å². The molecule has 0 bridgehead atoms. The molecule has 1 aliphatic rings. The zero-order valence-electron chi connectivity index (χ0n) is 14.8. The minimum absolute atomic E-state index is 0.164. The van der Waals surface area contributed by atoms with Gasteiger partial charge in [0.1, 0.15) is 0 Å². The molecule has 0 N–H and O–H groups in total. The van der Waals surface area contributed by atoms with Crippen LogP contribution in [0.1, 0.15) is 15.9 Å². The van der Waals surface area contributed by atoms with Crippen LogP contribution in [0.3, 0.4) is 0 Å². The van der Waals surface area contributed by atoms with Crippen LogP contribution in [-0.2, 0) is 0 Å². The van der Waals surface area contributed by atoms with Gasteiger partial charge in [0.05, 0.1) is 0 Å². The van der Waals surface area contributed by atoms with Gasteiger partial charge in [-0.05, 0) is 23.3 Å². The molecule has 0 fully saturated rings. The van der Waals surface area contributed by atoms with Crippen molar-refractivity contribution in [2.75, 3.05) is 38.0 Å². The maximum atomic E-state index is 13.0. The third-order valence-electron chi connectivity index (χ3n) is 4.88. The summed E-state index contributed by atoms with van der Waals surface area (Å²) in [4.78, 5) is 17.1. The summed E-state index contributed by atoms with van der Waals surface area (Å²) in [6.45, 7) is 4.69. The van der Waals surface area contributed by atoms with Crippen LogP contribution in [0.5, 0.6) is 0 Å². The van der Waals surface area contributed by atoms with E-state index < -0.39 is 8.07 Å². The molecule has 0 saturated heterocycles. The van der Waals surface area contributed by atoms with E-state index in [1.807, 2.05) is 52.5 Å².